The van der Waals surface area contributed by atoms with Crippen LogP contribution in [0.2, 0.25) is 0 Å². The summed E-state index contributed by atoms with van der Waals surface area (Å²) < 4.78 is 7.10. The van der Waals surface area contributed by atoms with Gasteiger partial charge in [-0.05, 0) is 26.8 Å². The van der Waals surface area contributed by atoms with Crippen molar-refractivity contribution in [2.24, 2.45) is 7.05 Å². The summed E-state index contributed by atoms with van der Waals surface area (Å²) in [6.07, 6.45) is 5.27. The second-order valence-electron chi connectivity index (χ2n) is 3.73. The first kappa shape index (κ1) is 12.8. The van der Waals surface area contributed by atoms with Gasteiger partial charge in [0.05, 0.1) is 18.4 Å². The zero-order valence-corrected chi connectivity index (χ0v) is 10.6. The SMILES string of the molecule is C/C=C/CCNCc1c(C)nn(C)c1OC. The average molecular weight is 223 g/mol. The minimum absolute atomic E-state index is 0.806. The Morgan fingerprint density at radius 1 is 1.50 bits per heavy atom. The lowest BCUT2D eigenvalue weighted by molar-refractivity contribution is 0.368. The normalized spacial score (nSPS) is 11.2. The summed E-state index contributed by atoms with van der Waals surface area (Å²) >= 11 is 0. The molecular formula is C12H21N3O. The number of aryl methyl sites for hydroxylation is 2. The third kappa shape index (κ3) is 3.10. The van der Waals surface area contributed by atoms with Crippen molar-refractivity contribution < 1.29 is 4.74 Å². The van der Waals surface area contributed by atoms with Crippen molar-refractivity contribution >= 4 is 0 Å². The molecule has 0 fully saturated rings. The van der Waals surface area contributed by atoms with Crippen LogP contribution in [0.15, 0.2) is 12.2 Å². The maximum atomic E-state index is 5.32. The standard InChI is InChI=1S/C12H21N3O/c1-5-6-7-8-13-9-11-10(2)14-15(3)12(11)16-4/h5-6,13H,7-9H2,1-4H3/b6-5+. The summed E-state index contributed by atoms with van der Waals surface area (Å²) in [4.78, 5) is 0. The van der Waals surface area contributed by atoms with Crippen LogP contribution in [0, 0.1) is 6.92 Å². The number of hydrogen-bond acceptors (Lipinski definition) is 3. The van der Waals surface area contributed by atoms with Crippen LogP contribution in [-0.4, -0.2) is 23.4 Å². The van der Waals surface area contributed by atoms with Gasteiger partial charge in [0.1, 0.15) is 0 Å². The van der Waals surface area contributed by atoms with Crippen LogP contribution in [-0.2, 0) is 13.6 Å². The molecule has 1 aromatic rings. The molecule has 0 atom stereocenters. The fourth-order valence-electron chi connectivity index (χ4n) is 1.71. The van der Waals surface area contributed by atoms with Gasteiger partial charge in [0.2, 0.25) is 5.88 Å². The lowest BCUT2D eigenvalue weighted by Crippen LogP contribution is -2.15. The molecule has 0 radical (unpaired) electrons. The first-order chi connectivity index (χ1) is 7.70. The highest BCUT2D eigenvalue weighted by Crippen LogP contribution is 2.20. The van der Waals surface area contributed by atoms with Gasteiger partial charge in [-0.3, -0.25) is 0 Å². The molecule has 90 valence electrons. The predicted octanol–water partition coefficient (Wildman–Crippen LogP) is 1.79. The number of hydrogen-bond donors (Lipinski definition) is 1. The summed E-state index contributed by atoms with van der Waals surface area (Å²) in [7, 11) is 3.58. The number of ether oxygens (including phenoxy) is 1. The Morgan fingerprint density at radius 2 is 2.25 bits per heavy atom. The number of methoxy groups -OCH3 is 1. The quantitative estimate of drug-likeness (QED) is 0.590. The van der Waals surface area contributed by atoms with Crippen LogP contribution < -0.4 is 10.1 Å². The first-order valence-electron chi connectivity index (χ1n) is 5.59. The van der Waals surface area contributed by atoms with E-state index in [9.17, 15) is 0 Å². The van der Waals surface area contributed by atoms with E-state index in [2.05, 4.69) is 22.6 Å². The van der Waals surface area contributed by atoms with Gasteiger partial charge in [0, 0.05) is 13.6 Å². The third-order valence-electron chi connectivity index (χ3n) is 2.51. The Balaban J connectivity index is 2.52. The van der Waals surface area contributed by atoms with Gasteiger partial charge in [0.25, 0.3) is 0 Å². The Morgan fingerprint density at radius 3 is 2.88 bits per heavy atom. The topological polar surface area (TPSA) is 39.1 Å². The Labute approximate surface area is 97.3 Å². The van der Waals surface area contributed by atoms with Gasteiger partial charge in [-0.1, -0.05) is 12.2 Å². The van der Waals surface area contributed by atoms with Crippen molar-refractivity contribution in [2.45, 2.75) is 26.8 Å². The van der Waals surface area contributed by atoms with E-state index in [4.69, 9.17) is 4.74 Å². The highest BCUT2D eigenvalue weighted by Gasteiger charge is 2.12. The lowest BCUT2D eigenvalue weighted by Gasteiger charge is -2.05. The molecule has 0 spiro atoms. The maximum Gasteiger partial charge on any atom is 0.216 e. The molecule has 0 bridgehead atoms. The first-order valence-corrected chi connectivity index (χ1v) is 5.59. The monoisotopic (exact) mass is 223 g/mol. The smallest absolute Gasteiger partial charge is 0.216 e. The van der Waals surface area contributed by atoms with Crippen LogP contribution in [0.1, 0.15) is 24.6 Å². The molecule has 0 aromatic carbocycles. The van der Waals surface area contributed by atoms with E-state index in [1.807, 2.05) is 20.9 Å². The second-order valence-corrected chi connectivity index (χ2v) is 3.73. The summed E-state index contributed by atoms with van der Waals surface area (Å²) in [6.45, 7) is 5.82. The number of rotatable bonds is 6. The van der Waals surface area contributed by atoms with Gasteiger partial charge in [-0.15, -0.1) is 0 Å². The number of allylic oxidation sites excluding steroid dienone is 1. The van der Waals surface area contributed by atoms with Gasteiger partial charge < -0.3 is 10.1 Å². The number of nitrogens with zero attached hydrogens (tertiary/aromatic N) is 2. The lowest BCUT2D eigenvalue weighted by atomic mass is 10.2. The van der Waals surface area contributed by atoms with E-state index < -0.39 is 0 Å². The Hall–Kier alpha value is -1.29. The molecule has 0 saturated heterocycles. The zero-order chi connectivity index (χ0) is 12.0. The molecule has 1 N–H and O–H groups in total. The van der Waals surface area contributed by atoms with Gasteiger partial charge in [-0.25, -0.2) is 4.68 Å². The molecule has 0 aliphatic rings. The minimum Gasteiger partial charge on any atom is -0.481 e. The van der Waals surface area contributed by atoms with Gasteiger partial charge in [-0.2, -0.15) is 5.10 Å². The third-order valence-corrected chi connectivity index (χ3v) is 2.51. The van der Waals surface area contributed by atoms with Crippen molar-refractivity contribution in [1.82, 2.24) is 15.1 Å². The Bertz CT molecular complexity index is 355. The van der Waals surface area contributed by atoms with Gasteiger partial charge in [0.15, 0.2) is 0 Å². The van der Waals surface area contributed by atoms with Crippen molar-refractivity contribution in [2.75, 3.05) is 13.7 Å². The molecular weight excluding hydrogens is 202 g/mol. The van der Waals surface area contributed by atoms with Crippen molar-refractivity contribution in [3.8, 4) is 5.88 Å². The minimum atomic E-state index is 0.806. The van der Waals surface area contributed by atoms with E-state index in [1.54, 1.807) is 11.8 Å². The van der Waals surface area contributed by atoms with Crippen LogP contribution in [0.5, 0.6) is 5.88 Å². The largest absolute Gasteiger partial charge is 0.481 e. The molecule has 4 nitrogen and oxygen atoms in total. The molecule has 0 saturated carbocycles. The molecule has 1 heterocycles. The molecule has 0 amide bonds. The number of aromatic nitrogens is 2. The van der Waals surface area contributed by atoms with Crippen molar-refractivity contribution in [3.05, 3.63) is 23.4 Å². The Kier molecular flexibility index (Phi) is 5.05. The fraction of sp³-hybridized carbons (Fsp3) is 0.583. The van der Waals surface area contributed by atoms with Crippen LogP contribution in [0.25, 0.3) is 0 Å². The maximum absolute atomic E-state index is 5.32. The van der Waals surface area contributed by atoms with Gasteiger partial charge >= 0.3 is 0 Å². The van der Waals surface area contributed by atoms with E-state index >= 15 is 0 Å². The van der Waals surface area contributed by atoms with Crippen LogP contribution in [0.3, 0.4) is 0 Å². The summed E-state index contributed by atoms with van der Waals surface area (Å²) in [6, 6.07) is 0. The summed E-state index contributed by atoms with van der Waals surface area (Å²) in [5, 5.41) is 7.72. The van der Waals surface area contributed by atoms with Crippen molar-refractivity contribution in [3.63, 3.8) is 0 Å². The molecule has 16 heavy (non-hydrogen) atoms. The second kappa shape index (κ2) is 6.33. The highest BCUT2D eigenvalue weighted by molar-refractivity contribution is 5.30. The fourth-order valence-corrected chi connectivity index (χ4v) is 1.71. The number of nitrogens with one attached hydrogen (secondary N) is 1. The van der Waals surface area contributed by atoms with E-state index in [0.29, 0.717) is 0 Å². The summed E-state index contributed by atoms with van der Waals surface area (Å²) in [5.41, 5.74) is 2.17. The summed E-state index contributed by atoms with van der Waals surface area (Å²) in [5.74, 6) is 0.844. The van der Waals surface area contributed by atoms with E-state index in [1.165, 1.54) is 0 Å². The average Bonchev–Trinajstić information content (AvgIpc) is 2.53. The molecule has 1 aromatic heterocycles. The van der Waals surface area contributed by atoms with E-state index in [-0.39, 0.29) is 0 Å². The predicted molar refractivity (Wildman–Crippen MR) is 65.6 cm³/mol. The van der Waals surface area contributed by atoms with Crippen LogP contribution >= 0.6 is 0 Å². The molecule has 0 aliphatic carbocycles. The van der Waals surface area contributed by atoms with Crippen LogP contribution in [0.4, 0.5) is 0 Å². The molecule has 1 rings (SSSR count). The highest BCUT2D eigenvalue weighted by atomic mass is 16.5. The molecule has 0 aliphatic heterocycles. The molecule has 4 heteroatoms. The van der Waals surface area contributed by atoms with Crippen molar-refractivity contribution in [1.29, 1.82) is 0 Å². The molecule has 0 unspecified atom stereocenters. The van der Waals surface area contributed by atoms with E-state index in [0.717, 1.165) is 36.6 Å². The zero-order valence-electron chi connectivity index (χ0n) is 10.6.